The van der Waals surface area contributed by atoms with Gasteiger partial charge in [-0.3, -0.25) is 9.78 Å². The average molecular weight is 280 g/mol. The van der Waals surface area contributed by atoms with Gasteiger partial charge in [0.2, 0.25) is 5.95 Å². The van der Waals surface area contributed by atoms with Gasteiger partial charge in [0.15, 0.2) is 0 Å². The van der Waals surface area contributed by atoms with Crippen LogP contribution < -0.4 is 10.9 Å². The van der Waals surface area contributed by atoms with Crippen LogP contribution in [0.25, 0.3) is 0 Å². The first-order chi connectivity index (χ1) is 9.27. The molecule has 0 aliphatic rings. The van der Waals surface area contributed by atoms with E-state index in [0.717, 1.165) is 18.2 Å². The predicted molar refractivity (Wildman–Crippen MR) is 71.0 cm³/mol. The molecule has 7 heteroatoms. The van der Waals surface area contributed by atoms with E-state index >= 15 is 0 Å². The number of rotatable bonds is 2. The van der Waals surface area contributed by atoms with Gasteiger partial charge in [0.05, 0.1) is 5.69 Å². The van der Waals surface area contributed by atoms with Gasteiger partial charge in [-0.05, 0) is 12.1 Å². The highest BCUT2D eigenvalue weighted by molar-refractivity contribution is 5.53. The summed E-state index contributed by atoms with van der Waals surface area (Å²) >= 11 is 0. The van der Waals surface area contributed by atoms with Crippen LogP contribution in [-0.4, -0.2) is 15.2 Å². The summed E-state index contributed by atoms with van der Waals surface area (Å²) < 4.78 is 26.5. The third-order valence-electron chi connectivity index (χ3n) is 2.59. The molecule has 1 aromatic carbocycles. The highest BCUT2D eigenvalue weighted by Crippen LogP contribution is 2.19. The first-order valence-corrected chi connectivity index (χ1v) is 5.97. The predicted octanol–water partition coefficient (Wildman–Crippen LogP) is 2.48. The topological polar surface area (TPSA) is 70.7 Å². The molecule has 0 aliphatic carbocycles. The van der Waals surface area contributed by atoms with Gasteiger partial charge in [-0.15, -0.1) is 10.2 Å². The number of halogens is 2. The van der Waals surface area contributed by atoms with Gasteiger partial charge < -0.3 is 5.32 Å². The second kappa shape index (κ2) is 4.99. The molecule has 0 spiro atoms. The molecule has 0 saturated heterocycles. The Balaban J connectivity index is 2.34. The molecular weight excluding hydrogens is 266 g/mol. The maximum absolute atomic E-state index is 13.5. The second-order valence-corrected chi connectivity index (χ2v) is 5.35. The Morgan fingerprint density at radius 2 is 1.90 bits per heavy atom. The van der Waals surface area contributed by atoms with E-state index in [1.807, 2.05) is 20.8 Å². The molecule has 0 atom stereocenters. The Kier molecular flexibility index (Phi) is 3.52. The summed E-state index contributed by atoms with van der Waals surface area (Å²) in [4.78, 5) is 14.3. The van der Waals surface area contributed by atoms with Crippen LogP contribution in [0.4, 0.5) is 20.4 Å². The SMILES string of the molecule is CC(C)(C)c1nnc(Nc2cc(F)ccc2F)[nH]c1=O. The molecule has 0 unspecified atom stereocenters. The summed E-state index contributed by atoms with van der Waals surface area (Å²) in [5.41, 5.74) is -0.739. The highest BCUT2D eigenvalue weighted by Gasteiger charge is 2.20. The minimum Gasteiger partial charge on any atom is -0.322 e. The highest BCUT2D eigenvalue weighted by atomic mass is 19.1. The monoisotopic (exact) mass is 280 g/mol. The Labute approximate surface area is 114 Å². The third kappa shape index (κ3) is 2.98. The van der Waals surface area contributed by atoms with Crippen molar-refractivity contribution in [1.29, 1.82) is 0 Å². The minimum absolute atomic E-state index is 0.0486. The van der Waals surface area contributed by atoms with E-state index in [1.54, 1.807) is 0 Å². The van der Waals surface area contributed by atoms with Crippen molar-refractivity contribution in [2.45, 2.75) is 26.2 Å². The lowest BCUT2D eigenvalue weighted by atomic mass is 9.93. The van der Waals surface area contributed by atoms with Gasteiger partial charge in [-0.25, -0.2) is 8.78 Å². The number of aromatic amines is 1. The van der Waals surface area contributed by atoms with E-state index in [2.05, 4.69) is 20.5 Å². The molecule has 2 N–H and O–H groups in total. The van der Waals surface area contributed by atoms with E-state index in [-0.39, 0.29) is 17.3 Å². The summed E-state index contributed by atoms with van der Waals surface area (Å²) in [5, 5.41) is 10.1. The molecule has 2 aromatic rings. The fourth-order valence-electron chi connectivity index (χ4n) is 1.60. The third-order valence-corrected chi connectivity index (χ3v) is 2.59. The molecule has 0 aliphatic heterocycles. The van der Waals surface area contributed by atoms with Crippen LogP contribution in [0, 0.1) is 11.6 Å². The lowest BCUT2D eigenvalue weighted by Crippen LogP contribution is -2.28. The lowest BCUT2D eigenvalue weighted by Gasteiger charge is -2.15. The van der Waals surface area contributed by atoms with Crippen LogP contribution in [0.5, 0.6) is 0 Å². The molecule has 5 nitrogen and oxygen atoms in total. The van der Waals surface area contributed by atoms with Crippen molar-refractivity contribution < 1.29 is 8.78 Å². The van der Waals surface area contributed by atoms with Crippen LogP contribution in [0.3, 0.4) is 0 Å². The number of nitrogens with zero attached hydrogens (tertiary/aromatic N) is 2. The zero-order chi connectivity index (χ0) is 14.9. The van der Waals surface area contributed by atoms with Crippen LogP contribution in [0.1, 0.15) is 26.5 Å². The molecular formula is C13H14F2N4O. The first kappa shape index (κ1) is 14.1. The quantitative estimate of drug-likeness (QED) is 0.886. The van der Waals surface area contributed by atoms with E-state index in [9.17, 15) is 13.6 Å². The van der Waals surface area contributed by atoms with Gasteiger partial charge in [0, 0.05) is 11.5 Å². The Bertz CT molecular complexity index is 692. The van der Waals surface area contributed by atoms with Gasteiger partial charge >= 0.3 is 0 Å². The zero-order valence-electron chi connectivity index (χ0n) is 11.3. The van der Waals surface area contributed by atoms with Crippen molar-refractivity contribution in [3.8, 4) is 0 Å². The molecule has 0 radical (unpaired) electrons. The maximum atomic E-state index is 13.5. The molecule has 1 aromatic heterocycles. The maximum Gasteiger partial charge on any atom is 0.274 e. The largest absolute Gasteiger partial charge is 0.322 e. The minimum atomic E-state index is -0.658. The smallest absolute Gasteiger partial charge is 0.274 e. The first-order valence-electron chi connectivity index (χ1n) is 5.97. The summed E-state index contributed by atoms with van der Waals surface area (Å²) in [7, 11) is 0. The fraction of sp³-hybridized carbons (Fsp3) is 0.308. The number of anilines is 2. The van der Waals surface area contributed by atoms with Gasteiger partial charge in [-0.2, -0.15) is 0 Å². The summed E-state index contributed by atoms with van der Waals surface area (Å²) in [6, 6.07) is 2.94. The summed E-state index contributed by atoms with van der Waals surface area (Å²) in [6.07, 6.45) is 0. The van der Waals surface area contributed by atoms with Crippen LogP contribution >= 0.6 is 0 Å². The lowest BCUT2D eigenvalue weighted by molar-refractivity contribution is 0.547. The van der Waals surface area contributed by atoms with Crippen molar-refractivity contribution in [1.82, 2.24) is 15.2 Å². The van der Waals surface area contributed by atoms with Crippen molar-refractivity contribution in [2.24, 2.45) is 0 Å². The van der Waals surface area contributed by atoms with E-state index in [4.69, 9.17) is 0 Å². The second-order valence-electron chi connectivity index (χ2n) is 5.35. The molecule has 1 heterocycles. The van der Waals surface area contributed by atoms with E-state index in [0.29, 0.717) is 0 Å². The number of hydrogen-bond acceptors (Lipinski definition) is 4. The van der Waals surface area contributed by atoms with Crippen molar-refractivity contribution >= 4 is 11.6 Å². The molecule has 2 rings (SSSR count). The number of benzene rings is 1. The zero-order valence-corrected chi connectivity index (χ0v) is 11.3. The number of H-pyrrole nitrogens is 1. The number of aromatic nitrogens is 3. The summed E-state index contributed by atoms with van der Waals surface area (Å²) in [5.74, 6) is -1.31. The Morgan fingerprint density at radius 1 is 1.20 bits per heavy atom. The molecule has 0 fully saturated rings. The van der Waals surface area contributed by atoms with Crippen molar-refractivity contribution in [2.75, 3.05) is 5.32 Å². The van der Waals surface area contributed by atoms with Crippen LogP contribution in [0.2, 0.25) is 0 Å². The molecule has 20 heavy (non-hydrogen) atoms. The normalized spacial score (nSPS) is 11.4. The molecule has 106 valence electrons. The van der Waals surface area contributed by atoms with Crippen LogP contribution in [-0.2, 0) is 5.41 Å². The van der Waals surface area contributed by atoms with Crippen molar-refractivity contribution in [3.05, 3.63) is 45.9 Å². The Morgan fingerprint density at radius 3 is 2.50 bits per heavy atom. The summed E-state index contributed by atoms with van der Waals surface area (Å²) in [6.45, 7) is 5.47. The number of hydrogen-bond donors (Lipinski definition) is 2. The van der Waals surface area contributed by atoms with Gasteiger partial charge in [0.25, 0.3) is 5.56 Å². The Hall–Kier alpha value is -2.31. The molecule has 0 amide bonds. The van der Waals surface area contributed by atoms with Gasteiger partial charge in [0.1, 0.15) is 17.3 Å². The van der Waals surface area contributed by atoms with Crippen molar-refractivity contribution in [3.63, 3.8) is 0 Å². The molecule has 0 saturated carbocycles. The fourth-order valence-corrected chi connectivity index (χ4v) is 1.60. The van der Waals surface area contributed by atoms with Gasteiger partial charge in [-0.1, -0.05) is 20.8 Å². The molecule has 0 bridgehead atoms. The van der Waals surface area contributed by atoms with E-state index in [1.165, 1.54) is 0 Å². The average Bonchev–Trinajstić information content (AvgIpc) is 2.32. The van der Waals surface area contributed by atoms with E-state index < -0.39 is 22.6 Å². The standard InChI is InChI=1S/C13H14F2N4O/c1-13(2,3)10-11(20)17-12(19-18-10)16-9-6-7(14)4-5-8(9)15/h4-6H,1-3H3,(H2,16,17,19,20). The number of nitrogens with one attached hydrogen (secondary N) is 2. The van der Waals surface area contributed by atoms with Crippen LogP contribution in [0.15, 0.2) is 23.0 Å².